The summed E-state index contributed by atoms with van der Waals surface area (Å²) in [6.45, 7) is 2.76. The highest BCUT2D eigenvalue weighted by Gasteiger charge is 2.56. The van der Waals surface area contributed by atoms with E-state index in [4.69, 9.17) is 9.72 Å². The molecule has 1 aromatic carbocycles. The van der Waals surface area contributed by atoms with Crippen molar-refractivity contribution in [3.05, 3.63) is 57.7 Å². The summed E-state index contributed by atoms with van der Waals surface area (Å²) in [5, 5.41) is 0. The lowest BCUT2D eigenvalue weighted by atomic mass is 9.74. The maximum Gasteiger partial charge on any atom is 0.304 e. The average Bonchev–Trinajstić information content (AvgIpc) is 3.29. The third-order valence-corrected chi connectivity index (χ3v) is 7.02. The molecule has 4 bridgehead atoms. The van der Waals surface area contributed by atoms with Crippen LogP contribution >= 0.6 is 0 Å². The van der Waals surface area contributed by atoms with E-state index in [-0.39, 0.29) is 22.7 Å². The van der Waals surface area contributed by atoms with Crippen LogP contribution < -0.4 is 10.3 Å². The number of nitrogens with one attached hydrogen (secondary N) is 1. The van der Waals surface area contributed by atoms with Gasteiger partial charge >= 0.3 is 6.01 Å². The number of halogens is 2. The molecule has 1 N–H and O–H groups in total. The van der Waals surface area contributed by atoms with Gasteiger partial charge in [0.05, 0.1) is 5.41 Å². The highest BCUT2D eigenvalue weighted by molar-refractivity contribution is 5.72. The highest BCUT2D eigenvalue weighted by Crippen LogP contribution is 2.62. The van der Waals surface area contributed by atoms with E-state index in [1.54, 1.807) is 0 Å². The minimum absolute atomic E-state index is 0.0464. The summed E-state index contributed by atoms with van der Waals surface area (Å²) in [5.41, 5.74) is 1.80. The molecular formula is C23H22F2N4O2. The molecule has 3 unspecified atom stereocenters. The van der Waals surface area contributed by atoms with Crippen molar-refractivity contribution in [1.29, 1.82) is 0 Å². The monoisotopic (exact) mass is 424 g/mol. The first-order valence-electron chi connectivity index (χ1n) is 10.8. The first kappa shape index (κ1) is 18.7. The Labute approximate surface area is 177 Å². The molecule has 8 heteroatoms. The SMILES string of the molecule is CCCn1c(C23CC4C=C2CC(C4)C3)nc2nc(Oc3ccc(F)c(F)c3)[nH]c(=O)c21. The smallest absolute Gasteiger partial charge is 0.304 e. The van der Waals surface area contributed by atoms with E-state index in [0.29, 0.717) is 29.5 Å². The molecule has 6 nitrogen and oxygen atoms in total. The van der Waals surface area contributed by atoms with Gasteiger partial charge in [-0.2, -0.15) is 4.98 Å². The Balaban J connectivity index is 1.47. The molecule has 2 aromatic heterocycles. The van der Waals surface area contributed by atoms with Gasteiger partial charge in [-0.25, -0.2) is 13.8 Å². The second-order valence-electron chi connectivity index (χ2n) is 9.06. The molecule has 0 amide bonds. The van der Waals surface area contributed by atoms with Crippen molar-refractivity contribution >= 4 is 11.2 Å². The maximum atomic E-state index is 13.5. The molecule has 0 spiro atoms. The van der Waals surface area contributed by atoms with E-state index in [2.05, 4.69) is 23.0 Å². The largest absolute Gasteiger partial charge is 0.425 e. The molecule has 3 aromatic rings. The van der Waals surface area contributed by atoms with Crippen LogP contribution in [0.1, 0.15) is 44.9 Å². The van der Waals surface area contributed by atoms with Gasteiger partial charge in [-0.3, -0.25) is 9.78 Å². The molecule has 2 fully saturated rings. The Morgan fingerprint density at radius 1 is 1.26 bits per heavy atom. The molecule has 160 valence electrons. The molecule has 4 aliphatic carbocycles. The van der Waals surface area contributed by atoms with Crippen molar-refractivity contribution in [3.8, 4) is 11.8 Å². The number of fused-ring (bicyclic) bond motifs is 1. The van der Waals surface area contributed by atoms with E-state index >= 15 is 0 Å². The van der Waals surface area contributed by atoms with Gasteiger partial charge in [-0.05, 0) is 56.1 Å². The average molecular weight is 424 g/mol. The van der Waals surface area contributed by atoms with Crippen LogP contribution in [0, 0.1) is 23.5 Å². The zero-order chi connectivity index (χ0) is 21.3. The molecule has 2 heterocycles. The summed E-state index contributed by atoms with van der Waals surface area (Å²) in [4.78, 5) is 24.9. The lowest BCUT2D eigenvalue weighted by Crippen LogP contribution is -2.31. The fourth-order valence-electron chi connectivity index (χ4n) is 6.04. The number of hydrogen-bond donors (Lipinski definition) is 1. The van der Waals surface area contributed by atoms with Crippen LogP contribution in [0.15, 0.2) is 34.6 Å². The van der Waals surface area contributed by atoms with Crippen molar-refractivity contribution < 1.29 is 13.5 Å². The van der Waals surface area contributed by atoms with E-state index < -0.39 is 11.6 Å². The molecule has 7 rings (SSSR count). The third kappa shape index (κ3) is 2.70. The van der Waals surface area contributed by atoms with Crippen molar-refractivity contribution in [3.63, 3.8) is 0 Å². The summed E-state index contributed by atoms with van der Waals surface area (Å²) >= 11 is 0. The van der Waals surface area contributed by atoms with Crippen molar-refractivity contribution in [2.45, 2.75) is 51.0 Å². The molecule has 2 saturated carbocycles. The molecule has 0 aliphatic heterocycles. The zero-order valence-corrected chi connectivity index (χ0v) is 17.1. The maximum absolute atomic E-state index is 13.5. The van der Waals surface area contributed by atoms with Crippen LogP contribution in [0.3, 0.4) is 0 Å². The Kier molecular flexibility index (Phi) is 3.91. The number of imidazole rings is 1. The van der Waals surface area contributed by atoms with Gasteiger partial charge in [0.15, 0.2) is 22.8 Å². The minimum atomic E-state index is -1.03. The molecule has 0 saturated heterocycles. The fraction of sp³-hybridized carbons (Fsp3) is 0.435. The highest BCUT2D eigenvalue weighted by atomic mass is 19.2. The number of aromatic nitrogens is 4. The number of nitrogens with zero attached hydrogens (tertiary/aromatic N) is 3. The first-order valence-corrected chi connectivity index (χ1v) is 10.8. The minimum Gasteiger partial charge on any atom is -0.425 e. The lowest BCUT2D eigenvalue weighted by Gasteiger charge is -2.32. The van der Waals surface area contributed by atoms with Crippen molar-refractivity contribution in [1.82, 2.24) is 19.5 Å². The quantitative estimate of drug-likeness (QED) is 0.608. The number of ether oxygens (including phenoxy) is 1. The van der Waals surface area contributed by atoms with Gasteiger partial charge in [0.2, 0.25) is 0 Å². The second-order valence-corrected chi connectivity index (χ2v) is 9.06. The van der Waals surface area contributed by atoms with E-state index in [0.717, 1.165) is 43.6 Å². The first-order chi connectivity index (χ1) is 15.0. The van der Waals surface area contributed by atoms with Gasteiger partial charge in [-0.1, -0.05) is 18.6 Å². The number of rotatable bonds is 5. The summed E-state index contributed by atoms with van der Waals surface area (Å²) < 4.78 is 34.3. The lowest BCUT2D eigenvalue weighted by molar-refractivity contribution is 0.274. The van der Waals surface area contributed by atoms with Crippen LogP contribution in [0.5, 0.6) is 11.8 Å². The Morgan fingerprint density at radius 2 is 2.13 bits per heavy atom. The van der Waals surface area contributed by atoms with Crippen LogP contribution in [-0.4, -0.2) is 19.5 Å². The Morgan fingerprint density at radius 3 is 2.90 bits per heavy atom. The van der Waals surface area contributed by atoms with E-state index in [1.807, 2.05) is 4.57 Å². The predicted molar refractivity (Wildman–Crippen MR) is 110 cm³/mol. The molecular weight excluding hydrogens is 402 g/mol. The molecule has 0 radical (unpaired) electrons. The normalized spacial score (nSPS) is 26.1. The van der Waals surface area contributed by atoms with Crippen LogP contribution in [0.25, 0.3) is 11.2 Å². The van der Waals surface area contributed by atoms with Crippen molar-refractivity contribution in [2.75, 3.05) is 0 Å². The number of H-pyrrole nitrogens is 1. The Hall–Kier alpha value is -3.03. The van der Waals surface area contributed by atoms with Crippen LogP contribution in [-0.2, 0) is 12.0 Å². The van der Waals surface area contributed by atoms with Gasteiger partial charge in [0.1, 0.15) is 11.6 Å². The predicted octanol–water partition coefficient (Wildman–Crippen LogP) is 4.60. The van der Waals surface area contributed by atoms with E-state index in [1.165, 1.54) is 18.1 Å². The molecule has 4 aliphatic rings. The number of aromatic amines is 1. The van der Waals surface area contributed by atoms with Crippen LogP contribution in [0.4, 0.5) is 8.78 Å². The van der Waals surface area contributed by atoms with E-state index in [9.17, 15) is 13.6 Å². The standard InChI is InChI=1S/C23H22F2N4O2/c1-2-5-29-18-19(26-21(29)23-10-12-6-13(11-23)8-14(23)7-12)27-22(28-20(18)30)31-15-3-4-16(24)17(25)9-15/h3-4,7,9,12-13H,2,5-6,8,10-11H2,1H3,(H,27,28,30). The zero-order valence-electron chi connectivity index (χ0n) is 17.1. The fourth-order valence-corrected chi connectivity index (χ4v) is 6.04. The van der Waals surface area contributed by atoms with Crippen LogP contribution in [0.2, 0.25) is 0 Å². The van der Waals surface area contributed by atoms with Gasteiger partial charge in [0, 0.05) is 12.6 Å². The summed E-state index contributed by atoms with van der Waals surface area (Å²) in [7, 11) is 0. The number of hydrogen-bond acceptors (Lipinski definition) is 4. The third-order valence-electron chi connectivity index (χ3n) is 7.02. The summed E-state index contributed by atoms with van der Waals surface area (Å²) in [6.07, 6.45) is 7.81. The topological polar surface area (TPSA) is 72.8 Å². The van der Waals surface area contributed by atoms with Gasteiger partial charge < -0.3 is 9.30 Å². The summed E-state index contributed by atoms with van der Waals surface area (Å²) in [6, 6.07) is 3.07. The Bertz CT molecular complexity index is 1310. The van der Waals surface area contributed by atoms with Gasteiger partial charge in [0.25, 0.3) is 5.56 Å². The number of aryl methyl sites for hydroxylation is 1. The number of allylic oxidation sites excluding steroid dienone is 2. The molecule has 3 atom stereocenters. The second kappa shape index (κ2) is 6.48. The van der Waals surface area contributed by atoms with Crippen molar-refractivity contribution in [2.24, 2.45) is 11.8 Å². The van der Waals surface area contributed by atoms with Gasteiger partial charge in [-0.15, -0.1) is 0 Å². The number of benzene rings is 1. The molecule has 31 heavy (non-hydrogen) atoms. The summed E-state index contributed by atoms with van der Waals surface area (Å²) in [5.74, 6) is 0.285.